The van der Waals surface area contributed by atoms with E-state index >= 15 is 0 Å². The van der Waals surface area contributed by atoms with Gasteiger partial charge in [0.1, 0.15) is 11.6 Å². The van der Waals surface area contributed by atoms with Crippen molar-refractivity contribution in [3.63, 3.8) is 0 Å². The van der Waals surface area contributed by atoms with E-state index in [1.807, 2.05) is 0 Å². The van der Waals surface area contributed by atoms with Crippen molar-refractivity contribution >= 4 is 11.4 Å². The number of anilines is 1. The normalized spacial score (nSPS) is 15.0. The lowest BCUT2D eigenvalue weighted by atomic mass is 10.1. The Kier molecular flexibility index (Phi) is 3.86. The molecule has 0 aliphatic heterocycles. The van der Waals surface area contributed by atoms with Crippen LogP contribution in [0.1, 0.15) is 18.4 Å². The maximum absolute atomic E-state index is 11.3. The number of nitrogens with zero attached hydrogens (tertiary/aromatic N) is 2. The zero-order valence-electron chi connectivity index (χ0n) is 11.7. The van der Waals surface area contributed by atoms with Gasteiger partial charge < -0.3 is 19.9 Å². The van der Waals surface area contributed by atoms with Crippen LogP contribution in [0.3, 0.4) is 0 Å². The lowest BCUT2D eigenvalue weighted by Gasteiger charge is -2.17. The molecule has 1 aliphatic carbocycles. The van der Waals surface area contributed by atoms with Crippen LogP contribution in [0.4, 0.5) is 11.4 Å². The second-order valence-corrected chi connectivity index (χ2v) is 4.83. The summed E-state index contributed by atoms with van der Waals surface area (Å²) in [5, 5.41) is 33.0. The second kappa shape index (κ2) is 5.46. The number of hydrogen-bond acceptors (Lipinski definition) is 7. The third-order valence-corrected chi connectivity index (χ3v) is 3.37. The van der Waals surface area contributed by atoms with Crippen molar-refractivity contribution in [3.05, 3.63) is 21.7 Å². The Morgan fingerprint density at radius 2 is 2.19 bits per heavy atom. The number of nitriles is 1. The van der Waals surface area contributed by atoms with Gasteiger partial charge in [-0.25, -0.2) is 0 Å². The van der Waals surface area contributed by atoms with E-state index in [2.05, 4.69) is 5.32 Å². The first-order chi connectivity index (χ1) is 9.95. The van der Waals surface area contributed by atoms with Gasteiger partial charge in [0, 0.05) is 12.6 Å². The molecule has 2 N–H and O–H groups in total. The minimum absolute atomic E-state index is 0.0405. The van der Waals surface area contributed by atoms with Crippen LogP contribution < -0.4 is 14.8 Å². The van der Waals surface area contributed by atoms with Crippen molar-refractivity contribution < 1.29 is 19.5 Å². The van der Waals surface area contributed by atoms with Crippen molar-refractivity contribution in [2.75, 3.05) is 26.1 Å². The van der Waals surface area contributed by atoms with Crippen molar-refractivity contribution in [1.29, 1.82) is 5.26 Å². The van der Waals surface area contributed by atoms with E-state index in [1.54, 1.807) is 6.07 Å². The molecular weight excluding hydrogens is 278 g/mol. The molecule has 1 aromatic carbocycles. The van der Waals surface area contributed by atoms with E-state index in [9.17, 15) is 15.2 Å². The number of nitro benzene ring substituents is 1. The minimum Gasteiger partial charge on any atom is -0.493 e. The fraction of sp³-hybridized carbons (Fsp3) is 0.462. The molecule has 1 aromatic rings. The summed E-state index contributed by atoms with van der Waals surface area (Å²) >= 11 is 0. The number of rotatable bonds is 6. The maximum atomic E-state index is 11.3. The van der Waals surface area contributed by atoms with Gasteiger partial charge in [-0.15, -0.1) is 0 Å². The van der Waals surface area contributed by atoms with E-state index in [0.29, 0.717) is 12.8 Å². The molecule has 0 heterocycles. The molecule has 0 aromatic heterocycles. The standard InChI is InChI=1S/C13H15N3O5/c1-20-9-5-8(6-14)11(16(18)19)10(12(9)21-2)15-7-13(17)3-4-13/h5,15,17H,3-4,7H2,1-2H3. The van der Waals surface area contributed by atoms with E-state index in [1.165, 1.54) is 20.3 Å². The van der Waals surface area contributed by atoms with Crippen LogP contribution in [0, 0.1) is 21.4 Å². The highest BCUT2D eigenvalue weighted by atomic mass is 16.6. The molecular formula is C13H15N3O5. The molecule has 21 heavy (non-hydrogen) atoms. The largest absolute Gasteiger partial charge is 0.493 e. The number of hydrogen-bond donors (Lipinski definition) is 2. The average Bonchev–Trinajstić information content (AvgIpc) is 3.20. The van der Waals surface area contributed by atoms with Crippen molar-refractivity contribution in [2.45, 2.75) is 18.4 Å². The van der Waals surface area contributed by atoms with Gasteiger partial charge in [-0.2, -0.15) is 5.26 Å². The van der Waals surface area contributed by atoms with Crippen LogP contribution in [-0.4, -0.2) is 36.4 Å². The number of nitrogens with one attached hydrogen (secondary N) is 1. The van der Waals surface area contributed by atoms with E-state index in [0.717, 1.165) is 0 Å². The molecule has 0 spiro atoms. The summed E-state index contributed by atoms with van der Waals surface area (Å²) in [5.74, 6) is 0.345. The van der Waals surface area contributed by atoms with Crippen LogP contribution >= 0.6 is 0 Å². The van der Waals surface area contributed by atoms with Crippen molar-refractivity contribution in [1.82, 2.24) is 0 Å². The molecule has 0 radical (unpaired) electrons. The van der Waals surface area contributed by atoms with Crippen LogP contribution in [-0.2, 0) is 0 Å². The Morgan fingerprint density at radius 3 is 2.62 bits per heavy atom. The van der Waals surface area contributed by atoms with Gasteiger partial charge in [0.05, 0.1) is 24.7 Å². The molecule has 1 aliphatic rings. The van der Waals surface area contributed by atoms with Gasteiger partial charge in [0.15, 0.2) is 17.2 Å². The number of benzene rings is 1. The Labute approximate surface area is 121 Å². The zero-order valence-corrected chi connectivity index (χ0v) is 11.7. The van der Waals surface area contributed by atoms with E-state index in [-0.39, 0.29) is 35.0 Å². The van der Waals surface area contributed by atoms with Crippen LogP contribution in [0.15, 0.2) is 6.07 Å². The number of methoxy groups -OCH3 is 2. The van der Waals surface area contributed by atoms with E-state index < -0.39 is 10.5 Å². The fourth-order valence-electron chi connectivity index (χ4n) is 2.00. The Hall–Kier alpha value is -2.53. The number of aliphatic hydroxyl groups is 1. The molecule has 112 valence electrons. The topological polar surface area (TPSA) is 118 Å². The lowest BCUT2D eigenvalue weighted by Crippen LogP contribution is -2.21. The van der Waals surface area contributed by atoms with Gasteiger partial charge in [0.2, 0.25) is 0 Å². The Morgan fingerprint density at radius 1 is 1.52 bits per heavy atom. The molecule has 0 atom stereocenters. The number of ether oxygens (including phenoxy) is 2. The third-order valence-electron chi connectivity index (χ3n) is 3.37. The third kappa shape index (κ3) is 2.83. The fourth-order valence-corrected chi connectivity index (χ4v) is 2.00. The van der Waals surface area contributed by atoms with Gasteiger partial charge >= 0.3 is 5.69 Å². The Balaban J connectivity index is 2.54. The summed E-state index contributed by atoms with van der Waals surface area (Å²) < 4.78 is 10.3. The van der Waals surface area contributed by atoms with Crippen molar-refractivity contribution in [3.8, 4) is 17.6 Å². The molecule has 0 bridgehead atoms. The maximum Gasteiger partial charge on any atom is 0.314 e. The smallest absolute Gasteiger partial charge is 0.314 e. The lowest BCUT2D eigenvalue weighted by molar-refractivity contribution is -0.384. The second-order valence-electron chi connectivity index (χ2n) is 4.83. The first kappa shape index (κ1) is 14.9. The monoisotopic (exact) mass is 293 g/mol. The summed E-state index contributed by atoms with van der Waals surface area (Å²) in [6, 6.07) is 3.03. The SMILES string of the molecule is COc1cc(C#N)c([N+](=O)[O-])c(NCC2(O)CC2)c1OC. The summed E-state index contributed by atoms with van der Waals surface area (Å²) in [4.78, 5) is 10.6. The highest BCUT2D eigenvalue weighted by molar-refractivity contribution is 5.79. The molecule has 1 saturated carbocycles. The van der Waals surface area contributed by atoms with Crippen LogP contribution in [0.25, 0.3) is 0 Å². The zero-order chi connectivity index (χ0) is 15.6. The summed E-state index contributed by atoms with van der Waals surface area (Å²) in [7, 11) is 2.73. The summed E-state index contributed by atoms with van der Waals surface area (Å²) in [6.07, 6.45) is 1.26. The number of nitro groups is 1. The van der Waals surface area contributed by atoms with Gasteiger partial charge in [-0.3, -0.25) is 10.1 Å². The summed E-state index contributed by atoms with van der Waals surface area (Å²) in [5.41, 5.74) is -1.34. The molecule has 0 unspecified atom stereocenters. The molecule has 2 rings (SSSR count). The van der Waals surface area contributed by atoms with Gasteiger partial charge in [0.25, 0.3) is 0 Å². The van der Waals surface area contributed by atoms with Crippen LogP contribution in [0.2, 0.25) is 0 Å². The highest BCUT2D eigenvalue weighted by Crippen LogP contribution is 2.45. The molecule has 1 fully saturated rings. The molecule has 0 amide bonds. The van der Waals surface area contributed by atoms with E-state index in [4.69, 9.17) is 14.7 Å². The summed E-state index contributed by atoms with van der Waals surface area (Å²) in [6.45, 7) is 0.141. The first-order valence-electron chi connectivity index (χ1n) is 6.25. The van der Waals surface area contributed by atoms with Crippen molar-refractivity contribution in [2.24, 2.45) is 0 Å². The van der Waals surface area contributed by atoms with Gasteiger partial charge in [-0.1, -0.05) is 0 Å². The predicted octanol–water partition coefficient (Wildman–Crippen LogP) is 1.42. The average molecular weight is 293 g/mol. The molecule has 8 heteroatoms. The Bertz CT molecular complexity index is 619. The molecule has 8 nitrogen and oxygen atoms in total. The first-order valence-corrected chi connectivity index (χ1v) is 6.25. The quantitative estimate of drug-likeness (QED) is 0.601. The highest BCUT2D eigenvalue weighted by Gasteiger charge is 2.41. The van der Waals surface area contributed by atoms with Crippen LogP contribution in [0.5, 0.6) is 11.5 Å². The minimum atomic E-state index is -0.852. The van der Waals surface area contributed by atoms with Gasteiger partial charge in [-0.05, 0) is 12.8 Å². The molecule has 0 saturated heterocycles. The predicted molar refractivity (Wildman–Crippen MR) is 73.6 cm³/mol.